The molecule has 0 radical (unpaired) electrons. The molecule has 158 valence electrons. The fraction of sp³-hybridized carbons (Fsp3) is 0.115. The molecule has 0 bridgehead atoms. The summed E-state index contributed by atoms with van der Waals surface area (Å²) in [5.74, 6) is -0.105. The number of rotatable bonds is 4. The van der Waals surface area contributed by atoms with Gasteiger partial charge in [0.2, 0.25) is 0 Å². The summed E-state index contributed by atoms with van der Waals surface area (Å²) in [4.78, 5) is 34.7. The van der Waals surface area contributed by atoms with Gasteiger partial charge in [-0.05, 0) is 48.2 Å². The second-order valence-electron chi connectivity index (χ2n) is 7.58. The lowest BCUT2D eigenvalue weighted by Gasteiger charge is -2.24. The van der Waals surface area contributed by atoms with Crippen LogP contribution >= 0.6 is 0 Å². The lowest BCUT2D eigenvalue weighted by Crippen LogP contribution is -2.31. The van der Waals surface area contributed by atoms with Crippen LogP contribution in [0.25, 0.3) is 11.4 Å². The van der Waals surface area contributed by atoms with E-state index in [9.17, 15) is 9.59 Å². The van der Waals surface area contributed by atoms with Crippen LogP contribution in [0, 0.1) is 0 Å². The van der Waals surface area contributed by atoms with Gasteiger partial charge in [0.25, 0.3) is 5.91 Å². The molecule has 4 aromatic rings. The number of benzene rings is 3. The Labute approximate surface area is 185 Å². The van der Waals surface area contributed by atoms with E-state index in [-0.39, 0.29) is 12.5 Å². The molecule has 1 amide bonds. The number of esters is 1. The van der Waals surface area contributed by atoms with E-state index < -0.39 is 5.97 Å². The van der Waals surface area contributed by atoms with Crippen molar-refractivity contribution in [1.29, 1.82) is 0 Å². The van der Waals surface area contributed by atoms with Gasteiger partial charge < -0.3 is 9.72 Å². The highest BCUT2D eigenvalue weighted by Crippen LogP contribution is 2.36. The van der Waals surface area contributed by atoms with Crippen molar-refractivity contribution in [3.63, 3.8) is 0 Å². The van der Waals surface area contributed by atoms with Crippen molar-refractivity contribution >= 4 is 23.3 Å². The number of nitrogens with zero attached hydrogens (tertiary/aromatic N) is 2. The van der Waals surface area contributed by atoms with Gasteiger partial charge in [-0.25, -0.2) is 9.78 Å². The highest BCUT2D eigenvalue weighted by atomic mass is 16.5. The summed E-state index contributed by atoms with van der Waals surface area (Å²) < 4.78 is 5.39. The first-order valence-corrected chi connectivity index (χ1v) is 10.5. The number of imidazole rings is 1. The molecule has 0 spiro atoms. The molecule has 0 unspecified atom stereocenters. The lowest BCUT2D eigenvalue weighted by atomic mass is 10.0. The van der Waals surface area contributed by atoms with Crippen LogP contribution in [0.15, 0.2) is 85.2 Å². The molecule has 1 aromatic heterocycles. The molecule has 5 rings (SSSR count). The maximum Gasteiger partial charge on any atom is 0.338 e. The van der Waals surface area contributed by atoms with Crippen LogP contribution in [0.4, 0.5) is 11.4 Å². The molecule has 3 aromatic carbocycles. The van der Waals surface area contributed by atoms with E-state index in [1.807, 2.05) is 48.5 Å². The predicted molar refractivity (Wildman–Crippen MR) is 122 cm³/mol. The summed E-state index contributed by atoms with van der Waals surface area (Å²) in [7, 11) is 0. The molecular formula is C26H21N3O3. The van der Waals surface area contributed by atoms with E-state index in [1.165, 1.54) is 0 Å². The first-order chi connectivity index (χ1) is 15.7. The molecule has 0 atom stereocenters. The van der Waals surface area contributed by atoms with E-state index in [4.69, 9.17) is 4.74 Å². The van der Waals surface area contributed by atoms with Crippen LogP contribution in [-0.2, 0) is 22.4 Å². The zero-order chi connectivity index (χ0) is 21.9. The average molecular weight is 423 g/mol. The zero-order valence-corrected chi connectivity index (χ0v) is 17.3. The molecule has 1 aliphatic heterocycles. The van der Waals surface area contributed by atoms with E-state index in [0.29, 0.717) is 5.56 Å². The summed E-state index contributed by atoms with van der Waals surface area (Å²) in [5.41, 5.74) is 5.10. The molecule has 1 N–H and O–H groups in total. The third-order valence-electron chi connectivity index (χ3n) is 5.60. The largest absolute Gasteiger partial charge is 0.452 e. The molecule has 32 heavy (non-hydrogen) atoms. The number of para-hydroxylation sites is 2. The van der Waals surface area contributed by atoms with Crippen molar-refractivity contribution in [2.75, 3.05) is 11.5 Å². The third-order valence-corrected chi connectivity index (χ3v) is 5.60. The van der Waals surface area contributed by atoms with Crippen LogP contribution in [0.1, 0.15) is 21.5 Å². The minimum atomic E-state index is -0.541. The van der Waals surface area contributed by atoms with Gasteiger partial charge in [-0.1, -0.05) is 48.5 Å². The minimum Gasteiger partial charge on any atom is -0.452 e. The topological polar surface area (TPSA) is 75.3 Å². The number of H-pyrrole nitrogens is 1. The van der Waals surface area contributed by atoms with Gasteiger partial charge in [-0.15, -0.1) is 0 Å². The van der Waals surface area contributed by atoms with Crippen LogP contribution < -0.4 is 4.90 Å². The fourth-order valence-corrected chi connectivity index (χ4v) is 4.01. The van der Waals surface area contributed by atoms with Gasteiger partial charge in [0.1, 0.15) is 5.82 Å². The normalized spacial score (nSPS) is 12.4. The average Bonchev–Trinajstić information content (AvgIpc) is 3.32. The van der Waals surface area contributed by atoms with Crippen LogP contribution in [0.2, 0.25) is 0 Å². The number of carbonyl (C=O) groups is 2. The summed E-state index contributed by atoms with van der Waals surface area (Å²) in [5, 5.41) is 0. The number of fused-ring (bicyclic) bond motifs is 2. The Balaban J connectivity index is 1.34. The SMILES string of the molecule is O=C(OCC(=O)N1c2ccccc2CCc2ccccc21)c1ccc(-c2ncc[nH]2)cc1. The summed E-state index contributed by atoms with van der Waals surface area (Å²) >= 11 is 0. The number of anilines is 2. The van der Waals surface area contributed by atoms with Gasteiger partial charge in [0, 0.05) is 18.0 Å². The zero-order valence-electron chi connectivity index (χ0n) is 17.3. The number of carbonyl (C=O) groups excluding carboxylic acids is 2. The van der Waals surface area contributed by atoms with Crippen LogP contribution in [-0.4, -0.2) is 28.5 Å². The molecular weight excluding hydrogens is 402 g/mol. The van der Waals surface area contributed by atoms with Crippen molar-refractivity contribution in [2.45, 2.75) is 12.8 Å². The molecule has 0 aliphatic carbocycles. The number of hydrogen-bond donors (Lipinski definition) is 1. The monoisotopic (exact) mass is 423 g/mol. The van der Waals surface area contributed by atoms with Crippen molar-refractivity contribution in [3.8, 4) is 11.4 Å². The number of aromatic amines is 1. The molecule has 2 heterocycles. The predicted octanol–water partition coefficient (Wildman–Crippen LogP) is 4.70. The second-order valence-corrected chi connectivity index (χ2v) is 7.58. The van der Waals surface area contributed by atoms with E-state index >= 15 is 0 Å². The highest BCUT2D eigenvalue weighted by molar-refractivity contribution is 6.04. The Morgan fingerprint density at radius 1 is 0.875 bits per heavy atom. The fourth-order valence-electron chi connectivity index (χ4n) is 4.01. The maximum atomic E-state index is 13.3. The highest BCUT2D eigenvalue weighted by Gasteiger charge is 2.26. The number of amides is 1. The van der Waals surface area contributed by atoms with Crippen molar-refractivity contribution in [2.24, 2.45) is 0 Å². The Hall–Kier alpha value is -4.19. The molecule has 1 aliphatic rings. The van der Waals surface area contributed by atoms with E-state index in [1.54, 1.807) is 41.6 Å². The molecule has 6 heteroatoms. The first kappa shape index (κ1) is 19.8. The Bertz CT molecular complexity index is 1220. The van der Waals surface area contributed by atoms with E-state index in [2.05, 4.69) is 9.97 Å². The number of aromatic nitrogens is 2. The second kappa shape index (κ2) is 8.51. The number of aryl methyl sites for hydroxylation is 2. The summed E-state index contributed by atoms with van der Waals surface area (Å²) in [6, 6.07) is 22.6. The van der Waals surface area contributed by atoms with Gasteiger partial charge in [0.15, 0.2) is 6.61 Å². The van der Waals surface area contributed by atoms with Gasteiger partial charge in [-0.3, -0.25) is 9.69 Å². The summed E-state index contributed by atoms with van der Waals surface area (Å²) in [6.45, 7) is -0.346. The van der Waals surface area contributed by atoms with Crippen molar-refractivity contribution in [3.05, 3.63) is 102 Å². The standard InChI is InChI=1S/C26H21N3O3/c30-24(17-32-26(31)21-13-11-20(12-14-21)25-27-15-16-28-25)29-22-7-3-1-5-18(22)9-10-19-6-2-4-8-23(19)29/h1-8,11-16H,9-10,17H2,(H,27,28). The van der Waals surface area contributed by atoms with Crippen molar-refractivity contribution < 1.29 is 14.3 Å². The smallest absolute Gasteiger partial charge is 0.338 e. The third kappa shape index (κ3) is 3.78. The van der Waals surface area contributed by atoms with Crippen LogP contribution in [0.5, 0.6) is 0 Å². The van der Waals surface area contributed by atoms with Gasteiger partial charge in [-0.2, -0.15) is 0 Å². The number of ether oxygens (including phenoxy) is 1. The lowest BCUT2D eigenvalue weighted by molar-refractivity contribution is -0.120. The number of hydrogen-bond acceptors (Lipinski definition) is 4. The quantitative estimate of drug-likeness (QED) is 0.483. The minimum absolute atomic E-state index is 0.285. The van der Waals surface area contributed by atoms with Gasteiger partial charge in [0.05, 0.1) is 16.9 Å². The Kier molecular flexibility index (Phi) is 5.25. The molecule has 6 nitrogen and oxygen atoms in total. The molecule has 0 saturated carbocycles. The Morgan fingerprint density at radius 3 is 2.09 bits per heavy atom. The van der Waals surface area contributed by atoms with Crippen molar-refractivity contribution in [1.82, 2.24) is 9.97 Å². The first-order valence-electron chi connectivity index (χ1n) is 10.5. The Morgan fingerprint density at radius 2 is 1.50 bits per heavy atom. The van der Waals surface area contributed by atoms with Crippen LogP contribution in [0.3, 0.4) is 0 Å². The summed E-state index contributed by atoms with van der Waals surface area (Å²) in [6.07, 6.45) is 5.10. The maximum absolute atomic E-state index is 13.3. The number of nitrogens with one attached hydrogen (secondary N) is 1. The molecule has 0 saturated heterocycles. The van der Waals surface area contributed by atoms with E-state index in [0.717, 1.165) is 46.7 Å². The van der Waals surface area contributed by atoms with Gasteiger partial charge >= 0.3 is 5.97 Å². The molecule has 0 fully saturated rings.